The minimum Gasteiger partial charge on any atom is -0.443 e. The lowest BCUT2D eigenvalue weighted by molar-refractivity contribution is -0.158. The second-order valence-electron chi connectivity index (χ2n) is 6.21. The molecule has 2 bridgehead atoms. The van der Waals surface area contributed by atoms with Crippen LogP contribution in [0.2, 0.25) is 0 Å². The number of hydrogen-bond donors (Lipinski definition) is 2. The lowest BCUT2D eigenvalue weighted by atomic mass is 9.88. The van der Waals surface area contributed by atoms with Crippen molar-refractivity contribution in [2.75, 3.05) is 0 Å². The highest BCUT2D eigenvalue weighted by atomic mass is 16.6. The van der Waals surface area contributed by atoms with Crippen LogP contribution in [-0.2, 0) is 9.53 Å². The van der Waals surface area contributed by atoms with E-state index in [0.29, 0.717) is 0 Å². The third-order valence-corrected chi connectivity index (χ3v) is 3.60. The van der Waals surface area contributed by atoms with Gasteiger partial charge in [0.25, 0.3) is 0 Å². The maximum atomic E-state index is 12.0. The van der Waals surface area contributed by atoms with Gasteiger partial charge in [0.1, 0.15) is 17.3 Å². The van der Waals surface area contributed by atoms with Crippen LogP contribution in [0.5, 0.6) is 0 Å². The molecule has 0 radical (unpaired) electrons. The first-order chi connectivity index (χ1) is 8.05. The zero-order valence-electron chi connectivity index (χ0n) is 11.0. The number of carbonyl (C=O) groups excluding carboxylic acids is 2. The molecule has 0 aromatic rings. The lowest BCUT2D eigenvalue weighted by Gasteiger charge is -2.38. The highest BCUT2D eigenvalue weighted by Crippen LogP contribution is 2.46. The molecule has 0 unspecified atom stereocenters. The van der Waals surface area contributed by atoms with E-state index in [9.17, 15) is 19.8 Å². The summed E-state index contributed by atoms with van der Waals surface area (Å²) in [5.74, 6) is -1.20. The van der Waals surface area contributed by atoms with Crippen molar-refractivity contribution >= 4 is 12.0 Å². The minimum absolute atomic E-state index is 0.284. The van der Waals surface area contributed by atoms with E-state index in [1.54, 1.807) is 20.8 Å². The van der Waals surface area contributed by atoms with Crippen LogP contribution in [0, 0.1) is 5.92 Å². The second-order valence-corrected chi connectivity index (χ2v) is 6.21. The summed E-state index contributed by atoms with van der Waals surface area (Å²) in [4.78, 5) is 24.9. The van der Waals surface area contributed by atoms with Gasteiger partial charge in [0.15, 0.2) is 0 Å². The molecule has 1 saturated carbocycles. The van der Waals surface area contributed by atoms with Crippen molar-refractivity contribution in [2.24, 2.45) is 5.92 Å². The Balaban J connectivity index is 2.19. The van der Waals surface area contributed by atoms with E-state index in [1.807, 2.05) is 0 Å². The number of piperidine rings is 1. The fourth-order valence-corrected chi connectivity index (χ4v) is 2.67. The van der Waals surface area contributed by atoms with Crippen molar-refractivity contribution in [1.29, 1.82) is 0 Å². The monoisotopic (exact) mass is 257 g/mol. The Morgan fingerprint density at radius 2 is 2.06 bits per heavy atom. The van der Waals surface area contributed by atoms with E-state index in [1.165, 1.54) is 6.92 Å². The predicted molar refractivity (Wildman–Crippen MR) is 61.6 cm³/mol. The van der Waals surface area contributed by atoms with E-state index < -0.39 is 41.3 Å². The van der Waals surface area contributed by atoms with Crippen molar-refractivity contribution in [2.45, 2.75) is 57.5 Å². The van der Waals surface area contributed by atoms with Crippen LogP contribution in [0.25, 0.3) is 0 Å². The molecule has 1 aliphatic carbocycles. The van der Waals surface area contributed by atoms with Gasteiger partial charge in [0.2, 0.25) is 5.91 Å². The number of rotatable bonds is 0. The van der Waals surface area contributed by atoms with Gasteiger partial charge in [-0.25, -0.2) is 9.69 Å². The standard InChI is InChI=1S/C12H19NO5/c1-11(2,3)18-10(16)13-7-5-6(9(13)15)12(4,17)8(7)14/h6-8,14,17H,5H2,1-4H3/t6-,7-,8+,12-/m1/s1. The lowest BCUT2D eigenvalue weighted by Crippen LogP contribution is -2.59. The van der Waals surface area contributed by atoms with E-state index in [0.717, 1.165) is 4.90 Å². The number of nitrogens with zero attached hydrogens (tertiary/aromatic N) is 1. The number of imide groups is 1. The summed E-state index contributed by atoms with van der Waals surface area (Å²) in [7, 11) is 0. The fourth-order valence-electron chi connectivity index (χ4n) is 2.67. The molecule has 2 fully saturated rings. The first-order valence-corrected chi connectivity index (χ1v) is 6.02. The molecular weight excluding hydrogens is 238 g/mol. The molecule has 6 nitrogen and oxygen atoms in total. The van der Waals surface area contributed by atoms with Gasteiger partial charge >= 0.3 is 6.09 Å². The Hall–Kier alpha value is -1.14. The van der Waals surface area contributed by atoms with Crippen LogP contribution in [0.15, 0.2) is 0 Å². The molecule has 102 valence electrons. The highest BCUT2D eigenvalue weighted by molar-refractivity contribution is 5.97. The highest BCUT2D eigenvalue weighted by Gasteiger charge is 2.64. The Bertz CT molecular complexity index is 398. The molecule has 1 saturated heterocycles. The number of ether oxygens (including phenoxy) is 1. The number of fused-ring (bicyclic) bond motifs is 2. The summed E-state index contributed by atoms with van der Waals surface area (Å²) in [6, 6.07) is -0.688. The first-order valence-electron chi connectivity index (χ1n) is 6.02. The number of aliphatic hydroxyl groups excluding tert-OH is 1. The van der Waals surface area contributed by atoms with E-state index in [2.05, 4.69) is 0 Å². The number of carbonyl (C=O) groups is 2. The molecule has 6 heteroatoms. The number of amides is 2. The molecule has 4 atom stereocenters. The van der Waals surface area contributed by atoms with Crippen molar-refractivity contribution in [3.05, 3.63) is 0 Å². The summed E-state index contributed by atoms with van der Waals surface area (Å²) in [5, 5.41) is 19.9. The number of hydrogen-bond acceptors (Lipinski definition) is 5. The van der Waals surface area contributed by atoms with Crippen molar-refractivity contribution in [3.8, 4) is 0 Å². The van der Waals surface area contributed by atoms with E-state index >= 15 is 0 Å². The van der Waals surface area contributed by atoms with Crippen molar-refractivity contribution in [1.82, 2.24) is 4.90 Å². The largest absolute Gasteiger partial charge is 0.443 e. The molecule has 18 heavy (non-hydrogen) atoms. The van der Waals surface area contributed by atoms with Crippen LogP contribution >= 0.6 is 0 Å². The summed E-state index contributed by atoms with van der Waals surface area (Å²) < 4.78 is 5.13. The van der Waals surface area contributed by atoms with Crippen LogP contribution < -0.4 is 0 Å². The molecule has 2 N–H and O–H groups in total. The van der Waals surface area contributed by atoms with Gasteiger partial charge in [-0.05, 0) is 34.1 Å². The average molecular weight is 257 g/mol. The summed E-state index contributed by atoms with van der Waals surface area (Å²) in [6.07, 6.45) is -1.59. The van der Waals surface area contributed by atoms with Crippen LogP contribution in [0.4, 0.5) is 4.79 Å². The summed E-state index contributed by atoms with van der Waals surface area (Å²) >= 11 is 0. The minimum atomic E-state index is -1.46. The number of likely N-dealkylation sites (tertiary alicyclic amines) is 1. The maximum Gasteiger partial charge on any atom is 0.417 e. The Kier molecular flexibility index (Phi) is 2.72. The third kappa shape index (κ3) is 1.80. The molecule has 2 aliphatic rings. The first kappa shape index (κ1) is 13.3. The molecule has 0 spiro atoms. The smallest absolute Gasteiger partial charge is 0.417 e. The van der Waals surface area contributed by atoms with Crippen LogP contribution in [0.3, 0.4) is 0 Å². The zero-order chi connectivity index (χ0) is 13.9. The average Bonchev–Trinajstić information content (AvgIpc) is 2.60. The molecular formula is C12H19NO5. The third-order valence-electron chi connectivity index (χ3n) is 3.60. The van der Waals surface area contributed by atoms with Crippen LogP contribution in [0.1, 0.15) is 34.1 Å². The van der Waals surface area contributed by atoms with Crippen LogP contribution in [-0.4, -0.2) is 50.5 Å². The van der Waals surface area contributed by atoms with Gasteiger partial charge in [-0.1, -0.05) is 0 Å². The molecule has 0 aromatic heterocycles. The maximum absolute atomic E-state index is 12.0. The SMILES string of the molecule is CC(C)(C)OC(=O)N1C(=O)[C@H]2C[C@@H]1[C@H](O)[C@]2(C)O. The predicted octanol–water partition coefficient (Wildman–Crippen LogP) is 0.264. The van der Waals surface area contributed by atoms with E-state index in [-0.39, 0.29) is 6.42 Å². The van der Waals surface area contributed by atoms with Crippen molar-refractivity contribution in [3.63, 3.8) is 0 Å². The quantitative estimate of drug-likeness (QED) is 0.650. The van der Waals surface area contributed by atoms with E-state index in [4.69, 9.17) is 4.74 Å². The second kappa shape index (κ2) is 3.68. The molecule has 2 amide bonds. The molecule has 1 heterocycles. The Labute approximate surface area is 106 Å². The van der Waals surface area contributed by atoms with Gasteiger partial charge in [-0.15, -0.1) is 0 Å². The molecule has 0 aromatic carbocycles. The topological polar surface area (TPSA) is 87.1 Å². The zero-order valence-corrected chi connectivity index (χ0v) is 11.0. The summed E-state index contributed by atoms with van der Waals surface area (Å²) in [5.41, 5.74) is -2.16. The van der Waals surface area contributed by atoms with Gasteiger partial charge in [0, 0.05) is 0 Å². The summed E-state index contributed by atoms with van der Waals surface area (Å²) in [6.45, 7) is 6.54. The van der Waals surface area contributed by atoms with Gasteiger partial charge < -0.3 is 14.9 Å². The van der Waals surface area contributed by atoms with Gasteiger partial charge in [0.05, 0.1) is 12.0 Å². The molecule has 2 rings (SSSR count). The molecule has 1 aliphatic heterocycles. The Morgan fingerprint density at radius 1 is 1.50 bits per heavy atom. The fraction of sp³-hybridized carbons (Fsp3) is 0.833. The number of aliphatic hydroxyl groups is 2. The van der Waals surface area contributed by atoms with Gasteiger partial charge in [-0.2, -0.15) is 0 Å². The normalized spacial score (nSPS) is 39.3. The van der Waals surface area contributed by atoms with Gasteiger partial charge in [-0.3, -0.25) is 4.79 Å². The Morgan fingerprint density at radius 3 is 2.50 bits per heavy atom. The van der Waals surface area contributed by atoms with Crippen molar-refractivity contribution < 1.29 is 24.5 Å².